The normalized spacial score (nSPS) is 19.9. The highest BCUT2D eigenvalue weighted by atomic mass is 32.1. The van der Waals surface area contributed by atoms with Gasteiger partial charge in [0.2, 0.25) is 0 Å². The third-order valence-corrected chi connectivity index (χ3v) is 6.34. The second-order valence-corrected chi connectivity index (χ2v) is 8.04. The molecule has 5 heteroatoms. The van der Waals surface area contributed by atoms with Gasteiger partial charge in [-0.05, 0) is 30.5 Å². The van der Waals surface area contributed by atoms with E-state index in [4.69, 9.17) is 5.10 Å². The number of nitrogens with zero attached hydrogens (tertiary/aromatic N) is 2. The Morgan fingerprint density at radius 3 is 2.88 bits per heavy atom. The Bertz CT molecular complexity index is 810. The maximum absolute atomic E-state index is 4.91. The number of hydrogen-bond donors (Lipinski definition) is 2. The third-order valence-electron chi connectivity index (χ3n) is 5.46. The topological polar surface area (TPSA) is 38.9 Å². The van der Waals surface area contributed by atoms with Crippen LogP contribution in [-0.2, 0) is 6.54 Å². The fraction of sp³-hybridized carbons (Fsp3) is 0.381. The van der Waals surface area contributed by atoms with Gasteiger partial charge in [-0.1, -0.05) is 24.3 Å². The van der Waals surface area contributed by atoms with Gasteiger partial charge < -0.3 is 10.2 Å². The van der Waals surface area contributed by atoms with Crippen molar-refractivity contribution in [2.45, 2.75) is 32.4 Å². The standard InChI is InChI=1S/C21H26N4S/c1-2-24-12-6-10-19(24)15-22-14-17-16-25(18-8-4-3-5-9-18)23-21(17)20-11-7-13-26-20/h3-5,7-9,11,13,16,19,22H,2,6,10,12,14-15H2,1H3/p+2/t19-/m0/s1. The molecule has 1 unspecified atom stereocenters. The van der Waals surface area contributed by atoms with Crippen LogP contribution in [0.15, 0.2) is 54.0 Å². The molecule has 3 heterocycles. The molecule has 0 bridgehead atoms. The molecular weight excluding hydrogens is 340 g/mol. The zero-order chi connectivity index (χ0) is 17.8. The molecule has 3 aromatic rings. The average Bonchev–Trinajstić information content (AvgIpc) is 3.43. The molecule has 0 spiro atoms. The highest BCUT2D eigenvalue weighted by Gasteiger charge is 2.28. The summed E-state index contributed by atoms with van der Waals surface area (Å²) in [6.45, 7) is 7.12. The molecule has 0 aliphatic carbocycles. The molecule has 4 nitrogen and oxygen atoms in total. The third kappa shape index (κ3) is 3.75. The van der Waals surface area contributed by atoms with Crippen molar-refractivity contribution < 1.29 is 10.2 Å². The van der Waals surface area contributed by atoms with E-state index in [1.165, 1.54) is 42.9 Å². The number of para-hydroxylation sites is 1. The smallest absolute Gasteiger partial charge is 0.137 e. The maximum atomic E-state index is 4.91. The van der Waals surface area contributed by atoms with Crippen molar-refractivity contribution in [2.24, 2.45) is 0 Å². The Kier molecular flexibility index (Phi) is 5.48. The summed E-state index contributed by atoms with van der Waals surface area (Å²) in [7, 11) is 0. The summed E-state index contributed by atoms with van der Waals surface area (Å²) in [5, 5.41) is 9.52. The Balaban J connectivity index is 1.51. The van der Waals surface area contributed by atoms with Gasteiger partial charge in [0, 0.05) is 19.0 Å². The fourth-order valence-electron chi connectivity index (χ4n) is 4.07. The summed E-state index contributed by atoms with van der Waals surface area (Å²) in [5.41, 5.74) is 3.58. The SMILES string of the molecule is CC[NH+]1CCC[C@H]1C[NH2+]Cc1cn(-c2ccccc2)nc1-c1cccs1. The highest BCUT2D eigenvalue weighted by molar-refractivity contribution is 7.13. The summed E-state index contributed by atoms with van der Waals surface area (Å²) in [6, 6.07) is 15.5. The molecule has 0 amide bonds. The van der Waals surface area contributed by atoms with Crippen LogP contribution in [0.25, 0.3) is 16.3 Å². The molecule has 2 aromatic heterocycles. The van der Waals surface area contributed by atoms with Crippen molar-refractivity contribution >= 4 is 11.3 Å². The Morgan fingerprint density at radius 2 is 2.12 bits per heavy atom. The molecule has 1 fully saturated rings. The number of hydrogen-bond acceptors (Lipinski definition) is 2. The van der Waals surface area contributed by atoms with Crippen LogP contribution in [0.4, 0.5) is 0 Å². The minimum atomic E-state index is 0.814. The first-order valence-corrected chi connectivity index (χ1v) is 10.6. The number of aromatic nitrogens is 2. The van der Waals surface area contributed by atoms with E-state index >= 15 is 0 Å². The second-order valence-electron chi connectivity index (χ2n) is 7.09. The number of likely N-dealkylation sites (tertiary alicyclic amines) is 1. The number of benzene rings is 1. The van der Waals surface area contributed by atoms with E-state index in [0.717, 1.165) is 24.0 Å². The lowest BCUT2D eigenvalue weighted by molar-refractivity contribution is -0.925. The molecule has 4 rings (SSSR count). The van der Waals surface area contributed by atoms with Crippen LogP contribution in [0, 0.1) is 0 Å². The summed E-state index contributed by atoms with van der Waals surface area (Å²) >= 11 is 1.77. The summed E-state index contributed by atoms with van der Waals surface area (Å²) < 4.78 is 2.03. The molecule has 136 valence electrons. The van der Waals surface area contributed by atoms with Crippen LogP contribution in [0.2, 0.25) is 0 Å². The minimum absolute atomic E-state index is 0.814. The predicted octanol–water partition coefficient (Wildman–Crippen LogP) is 1.73. The lowest BCUT2D eigenvalue weighted by atomic mass is 10.2. The summed E-state index contributed by atoms with van der Waals surface area (Å²) in [6.07, 6.45) is 4.97. The number of likely N-dealkylation sites (N-methyl/N-ethyl adjacent to an activating group) is 1. The Morgan fingerprint density at radius 1 is 1.23 bits per heavy atom. The number of thiophene rings is 1. The van der Waals surface area contributed by atoms with Gasteiger partial charge >= 0.3 is 0 Å². The van der Waals surface area contributed by atoms with Crippen molar-refractivity contribution in [2.75, 3.05) is 19.6 Å². The van der Waals surface area contributed by atoms with E-state index in [-0.39, 0.29) is 0 Å². The van der Waals surface area contributed by atoms with E-state index in [9.17, 15) is 0 Å². The van der Waals surface area contributed by atoms with Crippen molar-refractivity contribution in [3.05, 3.63) is 59.6 Å². The number of nitrogens with one attached hydrogen (secondary N) is 1. The molecule has 3 N–H and O–H groups in total. The average molecular weight is 369 g/mol. The van der Waals surface area contributed by atoms with Crippen molar-refractivity contribution in [3.8, 4) is 16.3 Å². The Hall–Kier alpha value is -1.95. The van der Waals surface area contributed by atoms with Gasteiger partial charge in [-0.25, -0.2) is 4.68 Å². The van der Waals surface area contributed by atoms with Gasteiger partial charge in [0.1, 0.15) is 24.8 Å². The van der Waals surface area contributed by atoms with Crippen LogP contribution in [0.5, 0.6) is 0 Å². The largest absolute Gasteiger partial charge is 0.337 e. The van der Waals surface area contributed by atoms with Crippen LogP contribution in [-0.4, -0.2) is 35.5 Å². The van der Waals surface area contributed by atoms with E-state index < -0.39 is 0 Å². The number of quaternary nitrogens is 2. The first-order valence-electron chi connectivity index (χ1n) is 9.69. The van der Waals surface area contributed by atoms with E-state index in [2.05, 4.69) is 60.2 Å². The summed E-state index contributed by atoms with van der Waals surface area (Å²) in [5.74, 6) is 0. The van der Waals surface area contributed by atoms with Crippen molar-refractivity contribution in [3.63, 3.8) is 0 Å². The van der Waals surface area contributed by atoms with Crippen LogP contribution < -0.4 is 10.2 Å². The van der Waals surface area contributed by atoms with Gasteiger partial charge in [-0.3, -0.25) is 0 Å². The molecule has 1 aliphatic heterocycles. The van der Waals surface area contributed by atoms with Crippen LogP contribution in [0.3, 0.4) is 0 Å². The van der Waals surface area contributed by atoms with Gasteiger partial charge in [-0.2, -0.15) is 5.10 Å². The van der Waals surface area contributed by atoms with Gasteiger partial charge in [0.25, 0.3) is 0 Å². The van der Waals surface area contributed by atoms with Crippen LogP contribution >= 0.6 is 11.3 Å². The lowest BCUT2D eigenvalue weighted by Gasteiger charge is -2.18. The van der Waals surface area contributed by atoms with E-state index in [1.54, 1.807) is 16.2 Å². The zero-order valence-electron chi connectivity index (χ0n) is 15.4. The molecule has 1 aromatic carbocycles. The van der Waals surface area contributed by atoms with Crippen LogP contribution in [0.1, 0.15) is 25.3 Å². The van der Waals surface area contributed by atoms with E-state index in [0.29, 0.717) is 0 Å². The number of nitrogens with two attached hydrogens (primary N) is 1. The minimum Gasteiger partial charge on any atom is -0.337 e. The lowest BCUT2D eigenvalue weighted by Crippen LogP contribution is -3.16. The molecule has 0 saturated carbocycles. The van der Waals surface area contributed by atoms with Gasteiger partial charge in [0.15, 0.2) is 0 Å². The van der Waals surface area contributed by atoms with Crippen molar-refractivity contribution in [1.82, 2.24) is 9.78 Å². The Labute approximate surface area is 159 Å². The monoisotopic (exact) mass is 368 g/mol. The second kappa shape index (κ2) is 8.16. The molecular formula is C21H28N4S+2. The molecule has 26 heavy (non-hydrogen) atoms. The highest BCUT2D eigenvalue weighted by Crippen LogP contribution is 2.27. The number of rotatable bonds is 7. The quantitative estimate of drug-likeness (QED) is 0.655. The molecule has 1 aliphatic rings. The summed E-state index contributed by atoms with van der Waals surface area (Å²) in [4.78, 5) is 3.03. The maximum Gasteiger partial charge on any atom is 0.137 e. The first-order chi connectivity index (χ1) is 12.8. The molecule has 1 saturated heterocycles. The molecule has 2 atom stereocenters. The predicted molar refractivity (Wildman–Crippen MR) is 107 cm³/mol. The zero-order valence-corrected chi connectivity index (χ0v) is 16.2. The van der Waals surface area contributed by atoms with E-state index in [1.807, 2.05) is 10.7 Å². The van der Waals surface area contributed by atoms with Gasteiger partial charge in [0.05, 0.1) is 29.2 Å². The molecule has 0 radical (unpaired) electrons. The fourth-order valence-corrected chi connectivity index (χ4v) is 4.81. The van der Waals surface area contributed by atoms with Crippen molar-refractivity contribution in [1.29, 1.82) is 0 Å². The first kappa shape index (κ1) is 17.5. The van der Waals surface area contributed by atoms with Gasteiger partial charge in [-0.15, -0.1) is 11.3 Å².